The molecular formula is C38H24NO3P. The number of benzene rings is 8. The maximum absolute atomic E-state index is 13.1. The first-order valence-corrected chi connectivity index (χ1v) is 16.1. The fraction of sp³-hybridized carbons (Fsp3) is 0.0526. The van der Waals surface area contributed by atoms with Gasteiger partial charge in [0.1, 0.15) is 0 Å². The van der Waals surface area contributed by atoms with Gasteiger partial charge in [-0.3, -0.25) is 4.57 Å². The zero-order chi connectivity index (χ0) is 28.9. The van der Waals surface area contributed by atoms with Gasteiger partial charge in [0, 0.05) is 4.95 Å². The van der Waals surface area contributed by atoms with Crippen molar-refractivity contribution in [2.24, 2.45) is 4.95 Å². The molecule has 0 radical (unpaired) electrons. The van der Waals surface area contributed by atoms with Gasteiger partial charge in [0.15, 0.2) is 0 Å². The van der Waals surface area contributed by atoms with Crippen molar-refractivity contribution in [2.45, 2.75) is 12.8 Å². The topological polar surface area (TPSA) is 66.7 Å². The van der Waals surface area contributed by atoms with E-state index < -0.39 is 7.52 Å². The average molecular weight is 574 g/mol. The van der Waals surface area contributed by atoms with E-state index >= 15 is 0 Å². The Bertz CT molecular complexity index is 2520. The molecule has 0 aromatic heterocycles. The molecule has 8 aromatic carbocycles. The monoisotopic (exact) mass is 573 g/mol. The molecule has 0 spiro atoms. The van der Waals surface area contributed by atoms with Crippen LogP contribution in [0.1, 0.15) is 11.1 Å². The van der Waals surface area contributed by atoms with Gasteiger partial charge in [-0.15, -0.1) is 4.91 Å². The quantitative estimate of drug-likeness (QED) is 0.129. The fourth-order valence-electron chi connectivity index (χ4n) is 7.47. The van der Waals surface area contributed by atoms with Crippen molar-refractivity contribution in [3.05, 3.63) is 131 Å². The van der Waals surface area contributed by atoms with E-state index in [4.69, 9.17) is 0 Å². The van der Waals surface area contributed by atoms with Crippen molar-refractivity contribution in [2.75, 3.05) is 0 Å². The summed E-state index contributed by atoms with van der Waals surface area (Å²) in [5.41, 5.74) is 6.13. The Kier molecular flexibility index (Phi) is 5.06. The second-order valence-corrected chi connectivity index (χ2v) is 13.4. The van der Waals surface area contributed by atoms with Gasteiger partial charge in [-0.1, -0.05) is 97.1 Å². The maximum atomic E-state index is 13.1. The molecule has 1 aliphatic rings. The molecule has 4 nitrogen and oxygen atoms in total. The summed E-state index contributed by atoms with van der Waals surface area (Å²) >= 11 is 0. The summed E-state index contributed by atoms with van der Waals surface area (Å²) in [6.45, 7) is 0. The third kappa shape index (κ3) is 3.51. The smallest absolute Gasteiger partial charge is 0.323 e. The molecular weight excluding hydrogens is 549 g/mol. The second-order valence-electron chi connectivity index (χ2n) is 11.6. The van der Waals surface area contributed by atoms with Crippen molar-refractivity contribution in [3.8, 4) is 22.3 Å². The zero-order valence-corrected chi connectivity index (χ0v) is 23.9. The number of nitroso groups, excluding NO2 is 1. The van der Waals surface area contributed by atoms with Crippen LogP contribution in [0.2, 0.25) is 0 Å². The minimum absolute atomic E-state index is 0.0439. The van der Waals surface area contributed by atoms with Crippen LogP contribution >= 0.6 is 7.52 Å². The van der Waals surface area contributed by atoms with E-state index in [0.29, 0.717) is 0 Å². The van der Waals surface area contributed by atoms with Gasteiger partial charge in [0.05, 0.1) is 5.30 Å². The fourth-order valence-corrected chi connectivity index (χ4v) is 8.17. The van der Waals surface area contributed by atoms with E-state index in [1.807, 2.05) is 0 Å². The van der Waals surface area contributed by atoms with Crippen molar-refractivity contribution >= 4 is 66.7 Å². The van der Waals surface area contributed by atoms with E-state index in [1.165, 1.54) is 54.2 Å². The molecule has 0 saturated carbocycles. The Morgan fingerprint density at radius 2 is 1.12 bits per heavy atom. The molecule has 9 rings (SSSR count). The Balaban J connectivity index is 1.36. The standard InChI is InChI=1S/C38H24NO3P/c40-39-43(41,42)30-20-28(31-15-11-26-9-7-22-3-1-5-24-13-17-33(31)37(26)35(22)24)19-29(21-30)32-16-12-27-10-8-23-4-2-6-25-14-18-34(32)38(27)36(23)25/h1-13,15-17,19-21H,14,18H2,(H,41,42). The molecule has 1 aliphatic carbocycles. The lowest BCUT2D eigenvalue weighted by Crippen LogP contribution is -2.07. The highest BCUT2D eigenvalue weighted by atomic mass is 31.2. The van der Waals surface area contributed by atoms with Crippen LogP contribution in [0.5, 0.6) is 0 Å². The largest absolute Gasteiger partial charge is 0.379 e. The van der Waals surface area contributed by atoms with Crippen molar-refractivity contribution in [3.63, 3.8) is 0 Å². The molecule has 1 unspecified atom stereocenters. The number of nitrogens with zero attached hydrogens (tertiary/aromatic N) is 1. The first kappa shape index (κ1) is 24.7. The molecule has 0 fully saturated rings. The van der Waals surface area contributed by atoms with E-state index in [0.717, 1.165) is 45.9 Å². The summed E-state index contributed by atoms with van der Waals surface area (Å²) < 4.78 is 13.1. The third-order valence-corrected chi connectivity index (χ3v) is 10.5. The SMILES string of the molecule is O=NP(=O)(O)c1cc(-c2ccc3ccc4cccc5c4c3c2CC5)cc(-c2ccc3ccc4cccc5ccc2c3c45)c1. The normalized spacial score (nSPS) is 14.3. The maximum Gasteiger partial charge on any atom is 0.379 e. The van der Waals surface area contributed by atoms with E-state index in [-0.39, 0.29) is 5.30 Å². The number of hydrogen-bond donors (Lipinski definition) is 1. The molecule has 43 heavy (non-hydrogen) atoms. The molecule has 0 bridgehead atoms. The van der Waals surface area contributed by atoms with E-state index in [9.17, 15) is 14.4 Å². The molecule has 0 heterocycles. The molecule has 1 N–H and O–H groups in total. The summed E-state index contributed by atoms with van der Waals surface area (Å²) in [5.74, 6) is 0. The predicted octanol–water partition coefficient (Wildman–Crippen LogP) is 9.90. The van der Waals surface area contributed by atoms with Gasteiger partial charge >= 0.3 is 7.52 Å². The van der Waals surface area contributed by atoms with Crippen LogP contribution in [0.25, 0.3) is 76.1 Å². The average Bonchev–Trinajstić information content (AvgIpc) is 3.05. The summed E-state index contributed by atoms with van der Waals surface area (Å²) in [6.07, 6.45) is 1.79. The first-order valence-electron chi connectivity index (χ1n) is 14.5. The molecule has 5 heteroatoms. The number of aryl methyl sites for hydroxylation is 2. The Hall–Kier alpha value is -4.89. The van der Waals surface area contributed by atoms with Crippen molar-refractivity contribution < 1.29 is 9.46 Å². The van der Waals surface area contributed by atoms with E-state index in [2.05, 4.69) is 108 Å². The summed E-state index contributed by atoms with van der Waals surface area (Å²) in [4.78, 5) is 25.0. The highest BCUT2D eigenvalue weighted by molar-refractivity contribution is 7.64. The Morgan fingerprint density at radius 3 is 1.84 bits per heavy atom. The van der Waals surface area contributed by atoms with Crippen molar-refractivity contribution in [1.29, 1.82) is 0 Å². The lowest BCUT2D eigenvalue weighted by Gasteiger charge is -2.22. The first-order chi connectivity index (χ1) is 21.0. The third-order valence-electron chi connectivity index (χ3n) is 9.38. The minimum atomic E-state index is -4.47. The van der Waals surface area contributed by atoms with E-state index in [1.54, 1.807) is 12.1 Å². The predicted molar refractivity (Wildman–Crippen MR) is 179 cm³/mol. The van der Waals surface area contributed by atoms with Gasteiger partial charge in [-0.05, 0) is 118 Å². The molecule has 1 atom stereocenters. The van der Waals surface area contributed by atoms with Gasteiger partial charge < -0.3 is 4.89 Å². The minimum Gasteiger partial charge on any atom is -0.323 e. The number of hydrogen-bond acceptors (Lipinski definition) is 2. The van der Waals surface area contributed by atoms with Crippen LogP contribution in [-0.2, 0) is 17.4 Å². The van der Waals surface area contributed by atoms with Crippen LogP contribution in [0, 0.1) is 4.91 Å². The Labute approximate surface area is 247 Å². The summed E-state index contributed by atoms with van der Waals surface area (Å²) in [7, 11) is -4.47. The van der Waals surface area contributed by atoms with Crippen LogP contribution < -0.4 is 5.30 Å². The van der Waals surface area contributed by atoms with Crippen LogP contribution in [0.4, 0.5) is 0 Å². The summed E-state index contributed by atoms with van der Waals surface area (Å²) in [6, 6.07) is 39.6. The van der Waals surface area contributed by atoms with Gasteiger partial charge in [-0.2, -0.15) is 0 Å². The second kappa shape index (κ2) is 8.81. The summed E-state index contributed by atoms with van der Waals surface area (Å²) in [5, 5.41) is 11.9. The molecule has 0 amide bonds. The molecule has 8 aromatic rings. The Morgan fingerprint density at radius 1 is 0.558 bits per heavy atom. The lowest BCUT2D eigenvalue weighted by molar-refractivity contribution is 0.491. The molecule has 0 saturated heterocycles. The van der Waals surface area contributed by atoms with Crippen LogP contribution in [0.15, 0.2) is 120 Å². The zero-order valence-electron chi connectivity index (χ0n) is 23.0. The van der Waals surface area contributed by atoms with Gasteiger partial charge in [0.25, 0.3) is 0 Å². The van der Waals surface area contributed by atoms with Crippen molar-refractivity contribution in [1.82, 2.24) is 0 Å². The van der Waals surface area contributed by atoms with Crippen LogP contribution in [0.3, 0.4) is 0 Å². The van der Waals surface area contributed by atoms with Crippen LogP contribution in [-0.4, -0.2) is 4.89 Å². The number of rotatable bonds is 4. The molecule has 0 aliphatic heterocycles. The molecule has 204 valence electrons. The lowest BCUT2D eigenvalue weighted by atomic mass is 9.82. The highest BCUT2D eigenvalue weighted by Crippen LogP contribution is 2.46. The van der Waals surface area contributed by atoms with Gasteiger partial charge in [0.2, 0.25) is 0 Å². The highest BCUT2D eigenvalue weighted by Gasteiger charge is 2.26. The van der Waals surface area contributed by atoms with Gasteiger partial charge in [-0.25, -0.2) is 0 Å².